The van der Waals surface area contributed by atoms with Crippen LogP contribution < -0.4 is 10.3 Å². The maximum Gasteiger partial charge on any atom is 0.337 e. The summed E-state index contributed by atoms with van der Waals surface area (Å²) in [6.07, 6.45) is 1.42. The molecule has 0 aliphatic heterocycles. The fourth-order valence-electron chi connectivity index (χ4n) is 1.91. The Morgan fingerprint density at radius 2 is 1.96 bits per heavy atom. The second-order valence-corrected chi connectivity index (χ2v) is 5.52. The number of esters is 1. The van der Waals surface area contributed by atoms with E-state index < -0.39 is 5.97 Å². The van der Waals surface area contributed by atoms with E-state index in [4.69, 9.17) is 16.3 Å². The normalized spacial score (nSPS) is 10.7. The lowest BCUT2D eigenvalue weighted by atomic mass is 10.1. The molecule has 0 spiro atoms. The number of hydrogen-bond acceptors (Lipinski definition) is 5. The summed E-state index contributed by atoms with van der Waals surface area (Å²) in [6, 6.07) is 6.67. The molecule has 1 heterocycles. The zero-order valence-electron chi connectivity index (χ0n) is 13.1. The molecule has 0 bridgehead atoms. The highest BCUT2D eigenvalue weighted by Gasteiger charge is 2.12. The quantitative estimate of drug-likeness (QED) is 0.785. The molecule has 0 radical (unpaired) electrons. The maximum atomic E-state index is 12.0. The van der Waals surface area contributed by atoms with Gasteiger partial charge >= 0.3 is 5.97 Å². The van der Waals surface area contributed by atoms with Crippen molar-refractivity contribution in [3.05, 3.63) is 57.0 Å². The van der Waals surface area contributed by atoms with Gasteiger partial charge in [-0.15, -0.1) is 0 Å². The van der Waals surface area contributed by atoms with Crippen LogP contribution in [0.4, 0.5) is 0 Å². The molecule has 6 nitrogen and oxygen atoms in total. The first-order valence-corrected chi connectivity index (χ1v) is 7.39. The second-order valence-electron chi connectivity index (χ2n) is 5.14. The van der Waals surface area contributed by atoms with Gasteiger partial charge in [-0.25, -0.2) is 9.48 Å². The molecule has 0 N–H and O–H groups in total. The van der Waals surface area contributed by atoms with Gasteiger partial charge in [0.05, 0.1) is 24.9 Å². The van der Waals surface area contributed by atoms with E-state index in [0.29, 0.717) is 5.56 Å². The highest BCUT2D eigenvalue weighted by atomic mass is 35.5. The van der Waals surface area contributed by atoms with Crippen molar-refractivity contribution >= 4 is 17.6 Å². The Balaban J connectivity index is 2.11. The standard InChI is InChI=1S/C16H17ClN2O4/c1-10(2)19-15(20)14(17)13(8-18-19)23-9-11-4-6-12(7-5-11)16(21)22-3/h4-8,10H,9H2,1-3H3. The van der Waals surface area contributed by atoms with Crippen molar-refractivity contribution in [3.63, 3.8) is 0 Å². The molecule has 122 valence electrons. The van der Waals surface area contributed by atoms with Crippen molar-refractivity contribution in [2.45, 2.75) is 26.5 Å². The van der Waals surface area contributed by atoms with Crippen LogP contribution in [0.25, 0.3) is 0 Å². The number of nitrogens with zero attached hydrogens (tertiary/aromatic N) is 2. The van der Waals surface area contributed by atoms with E-state index in [-0.39, 0.29) is 29.0 Å². The number of benzene rings is 1. The summed E-state index contributed by atoms with van der Waals surface area (Å²) in [5.41, 5.74) is 0.887. The third-order valence-electron chi connectivity index (χ3n) is 3.17. The minimum Gasteiger partial charge on any atom is -0.485 e. The van der Waals surface area contributed by atoms with Gasteiger partial charge in [0.25, 0.3) is 5.56 Å². The van der Waals surface area contributed by atoms with Crippen LogP contribution in [0.3, 0.4) is 0 Å². The number of rotatable bonds is 5. The van der Waals surface area contributed by atoms with E-state index in [9.17, 15) is 9.59 Å². The molecule has 1 aromatic heterocycles. The van der Waals surface area contributed by atoms with E-state index in [1.54, 1.807) is 24.3 Å². The van der Waals surface area contributed by atoms with Gasteiger partial charge < -0.3 is 9.47 Å². The summed E-state index contributed by atoms with van der Waals surface area (Å²) in [6.45, 7) is 3.89. The number of carbonyl (C=O) groups is 1. The Bertz CT molecular complexity index is 754. The van der Waals surface area contributed by atoms with Crippen molar-refractivity contribution < 1.29 is 14.3 Å². The van der Waals surface area contributed by atoms with Gasteiger partial charge in [-0.1, -0.05) is 23.7 Å². The minimum absolute atomic E-state index is 0.000110. The molecule has 0 fully saturated rings. The molecule has 7 heteroatoms. The molecule has 0 aliphatic carbocycles. The molecule has 0 atom stereocenters. The average Bonchev–Trinajstić information content (AvgIpc) is 2.55. The van der Waals surface area contributed by atoms with E-state index in [1.807, 2.05) is 13.8 Å². The third kappa shape index (κ3) is 3.90. The molecule has 0 saturated carbocycles. The van der Waals surface area contributed by atoms with Gasteiger partial charge in [-0.2, -0.15) is 5.10 Å². The molecule has 23 heavy (non-hydrogen) atoms. The van der Waals surface area contributed by atoms with E-state index in [1.165, 1.54) is 18.0 Å². The number of methoxy groups -OCH3 is 1. The predicted octanol–water partition coefficient (Wildman–Crippen LogP) is 2.84. The zero-order valence-corrected chi connectivity index (χ0v) is 13.8. The first-order valence-electron chi connectivity index (χ1n) is 7.01. The molecule has 2 rings (SSSR count). The van der Waals surface area contributed by atoms with Crippen LogP contribution in [-0.2, 0) is 11.3 Å². The summed E-state index contributed by atoms with van der Waals surface area (Å²) < 4.78 is 11.5. The summed E-state index contributed by atoms with van der Waals surface area (Å²) in [4.78, 5) is 23.4. The van der Waals surface area contributed by atoms with Gasteiger partial charge in [0.15, 0.2) is 10.8 Å². The maximum absolute atomic E-state index is 12.0. The minimum atomic E-state index is -0.401. The predicted molar refractivity (Wildman–Crippen MR) is 86.0 cm³/mol. The molecular formula is C16H17ClN2O4. The Kier molecular flexibility index (Phi) is 5.39. The second kappa shape index (κ2) is 7.28. The van der Waals surface area contributed by atoms with Crippen LogP contribution in [0.5, 0.6) is 5.75 Å². The van der Waals surface area contributed by atoms with Crippen LogP contribution in [0.15, 0.2) is 35.3 Å². The van der Waals surface area contributed by atoms with Crippen molar-refractivity contribution in [2.75, 3.05) is 7.11 Å². The molecule has 0 amide bonds. The Morgan fingerprint density at radius 1 is 1.30 bits per heavy atom. The largest absolute Gasteiger partial charge is 0.485 e. The van der Waals surface area contributed by atoms with E-state index in [2.05, 4.69) is 9.84 Å². The topological polar surface area (TPSA) is 70.4 Å². The fourth-order valence-corrected chi connectivity index (χ4v) is 2.10. The van der Waals surface area contributed by atoms with Gasteiger partial charge in [0, 0.05) is 0 Å². The van der Waals surface area contributed by atoms with Gasteiger partial charge in [-0.05, 0) is 31.5 Å². The van der Waals surface area contributed by atoms with E-state index in [0.717, 1.165) is 5.56 Å². The average molecular weight is 337 g/mol. The highest BCUT2D eigenvalue weighted by Crippen LogP contribution is 2.20. The van der Waals surface area contributed by atoms with Crippen LogP contribution in [0.1, 0.15) is 35.8 Å². The molecular weight excluding hydrogens is 320 g/mol. The summed E-state index contributed by atoms with van der Waals surface area (Å²) >= 11 is 6.03. The SMILES string of the molecule is COC(=O)c1ccc(COc2cnn(C(C)C)c(=O)c2Cl)cc1. The molecule has 0 aliphatic rings. The first-order chi connectivity index (χ1) is 10.9. The first kappa shape index (κ1) is 17.0. The van der Waals surface area contributed by atoms with Gasteiger partial charge in [0.2, 0.25) is 0 Å². The van der Waals surface area contributed by atoms with Crippen molar-refractivity contribution in [2.24, 2.45) is 0 Å². The molecule has 0 unspecified atom stereocenters. The van der Waals surface area contributed by atoms with E-state index >= 15 is 0 Å². The summed E-state index contributed by atoms with van der Waals surface area (Å²) in [5.74, 6) is -0.174. The monoisotopic (exact) mass is 336 g/mol. The fraction of sp³-hybridized carbons (Fsp3) is 0.312. The van der Waals surface area contributed by atoms with Crippen molar-refractivity contribution in [1.29, 1.82) is 0 Å². The zero-order chi connectivity index (χ0) is 17.0. The lowest BCUT2D eigenvalue weighted by molar-refractivity contribution is 0.0600. The lowest BCUT2D eigenvalue weighted by Gasteiger charge is -2.12. The number of halogens is 1. The molecule has 2 aromatic rings. The smallest absolute Gasteiger partial charge is 0.337 e. The Morgan fingerprint density at radius 3 is 2.52 bits per heavy atom. The summed E-state index contributed by atoms with van der Waals surface area (Å²) in [5, 5.41) is 4.03. The highest BCUT2D eigenvalue weighted by molar-refractivity contribution is 6.31. The van der Waals surface area contributed by atoms with Gasteiger partial charge in [0.1, 0.15) is 6.61 Å². The molecule has 1 aromatic carbocycles. The number of aromatic nitrogens is 2. The Hall–Kier alpha value is -2.34. The van der Waals surface area contributed by atoms with Crippen LogP contribution >= 0.6 is 11.6 Å². The van der Waals surface area contributed by atoms with Crippen LogP contribution in [0, 0.1) is 0 Å². The Labute approximate surface area is 138 Å². The summed E-state index contributed by atoms with van der Waals surface area (Å²) in [7, 11) is 1.33. The number of ether oxygens (including phenoxy) is 2. The number of carbonyl (C=O) groups excluding carboxylic acids is 1. The lowest BCUT2D eigenvalue weighted by Crippen LogP contribution is -2.25. The van der Waals surface area contributed by atoms with Crippen LogP contribution in [0.2, 0.25) is 5.02 Å². The van der Waals surface area contributed by atoms with Gasteiger partial charge in [-0.3, -0.25) is 4.79 Å². The third-order valence-corrected chi connectivity index (χ3v) is 3.52. The van der Waals surface area contributed by atoms with Crippen molar-refractivity contribution in [1.82, 2.24) is 9.78 Å². The number of hydrogen-bond donors (Lipinski definition) is 0. The van der Waals surface area contributed by atoms with Crippen molar-refractivity contribution in [3.8, 4) is 5.75 Å². The molecule has 0 saturated heterocycles. The van der Waals surface area contributed by atoms with Crippen LogP contribution in [-0.4, -0.2) is 22.9 Å².